The van der Waals surface area contributed by atoms with E-state index >= 15 is 0 Å². The summed E-state index contributed by atoms with van der Waals surface area (Å²) >= 11 is 6.05. The maximum atomic E-state index is 12.8. The zero-order valence-corrected chi connectivity index (χ0v) is 11.7. The van der Waals surface area contributed by atoms with Gasteiger partial charge in [-0.1, -0.05) is 35.9 Å². The quantitative estimate of drug-likeness (QED) is 0.907. The number of hydrogen-bond donors (Lipinski definition) is 1. The second-order valence-corrected chi connectivity index (χ2v) is 4.82. The Labute approximate surface area is 125 Å². The minimum absolute atomic E-state index is 0.0449. The van der Waals surface area contributed by atoms with E-state index in [2.05, 4.69) is 0 Å². The first-order valence-electron chi connectivity index (χ1n) is 6.18. The molecular weight excluding hydrogens is 303 g/mol. The normalized spacial score (nSPS) is 11.5. The molecule has 6 heteroatoms. The lowest BCUT2D eigenvalue weighted by Gasteiger charge is -2.14. The van der Waals surface area contributed by atoms with Crippen LogP contribution in [0.25, 0.3) is 0 Å². The number of alkyl halides is 3. The average Bonchev–Trinajstić information content (AvgIpc) is 2.45. The van der Waals surface area contributed by atoms with Crippen LogP contribution < -0.4 is 10.5 Å². The van der Waals surface area contributed by atoms with Gasteiger partial charge in [-0.2, -0.15) is 13.2 Å². The lowest BCUT2D eigenvalue weighted by molar-refractivity contribution is -0.139. The van der Waals surface area contributed by atoms with Gasteiger partial charge in [0, 0.05) is 17.1 Å². The number of benzene rings is 2. The lowest BCUT2D eigenvalue weighted by atomic mass is 10.1. The first kappa shape index (κ1) is 15.7. The van der Waals surface area contributed by atoms with E-state index in [0.717, 1.165) is 11.6 Å². The highest BCUT2D eigenvalue weighted by atomic mass is 35.5. The molecule has 0 aliphatic rings. The predicted molar refractivity (Wildman–Crippen MR) is 75.1 cm³/mol. The lowest BCUT2D eigenvalue weighted by Crippen LogP contribution is -2.08. The molecular formula is C15H13ClF3NO. The molecule has 2 aromatic carbocycles. The molecule has 0 aromatic heterocycles. The van der Waals surface area contributed by atoms with Crippen molar-refractivity contribution in [3.05, 3.63) is 64.2 Å². The molecule has 0 atom stereocenters. The second-order valence-electron chi connectivity index (χ2n) is 4.41. The van der Waals surface area contributed by atoms with Crippen LogP contribution in [0.5, 0.6) is 5.75 Å². The number of ether oxygens (including phenoxy) is 1. The van der Waals surface area contributed by atoms with Gasteiger partial charge in [-0.15, -0.1) is 0 Å². The molecule has 0 unspecified atom stereocenters. The van der Waals surface area contributed by atoms with Gasteiger partial charge in [0.1, 0.15) is 12.4 Å². The van der Waals surface area contributed by atoms with Crippen molar-refractivity contribution < 1.29 is 17.9 Å². The molecule has 2 aromatic rings. The van der Waals surface area contributed by atoms with Crippen LogP contribution in [0.1, 0.15) is 16.7 Å². The minimum Gasteiger partial charge on any atom is -0.488 e. The molecule has 0 heterocycles. The molecule has 112 valence electrons. The van der Waals surface area contributed by atoms with Crippen molar-refractivity contribution in [3.63, 3.8) is 0 Å². The summed E-state index contributed by atoms with van der Waals surface area (Å²) in [6.07, 6.45) is -4.45. The molecule has 0 saturated heterocycles. The van der Waals surface area contributed by atoms with E-state index < -0.39 is 11.7 Å². The SMILES string of the molecule is NCc1ccc(COc2ccccc2C(F)(F)F)c(Cl)c1. The van der Waals surface area contributed by atoms with Crippen molar-refractivity contribution in [1.29, 1.82) is 0 Å². The molecule has 0 radical (unpaired) electrons. The van der Waals surface area contributed by atoms with E-state index in [4.69, 9.17) is 22.1 Å². The van der Waals surface area contributed by atoms with Gasteiger partial charge in [-0.25, -0.2) is 0 Å². The highest BCUT2D eigenvalue weighted by Gasteiger charge is 2.34. The van der Waals surface area contributed by atoms with Crippen LogP contribution in [0.15, 0.2) is 42.5 Å². The Morgan fingerprint density at radius 1 is 1.10 bits per heavy atom. The standard InChI is InChI=1S/C15H13ClF3NO/c16-13-7-10(8-20)5-6-11(13)9-21-14-4-2-1-3-12(14)15(17,18)19/h1-7H,8-9,20H2. The highest BCUT2D eigenvalue weighted by molar-refractivity contribution is 6.31. The molecule has 21 heavy (non-hydrogen) atoms. The van der Waals surface area contributed by atoms with Gasteiger partial charge in [-0.05, 0) is 23.8 Å². The van der Waals surface area contributed by atoms with Crippen molar-refractivity contribution in [2.45, 2.75) is 19.3 Å². The van der Waals surface area contributed by atoms with Crippen molar-refractivity contribution in [3.8, 4) is 5.75 Å². The van der Waals surface area contributed by atoms with E-state index in [0.29, 0.717) is 17.1 Å². The molecule has 2 rings (SSSR count). The van der Waals surface area contributed by atoms with Crippen LogP contribution >= 0.6 is 11.6 Å². The Hall–Kier alpha value is -1.72. The third kappa shape index (κ3) is 3.89. The van der Waals surface area contributed by atoms with Crippen LogP contribution in [0, 0.1) is 0 Å². The minimum atomic E-state index is -4.45. The summed E-state index contributed by atoms with van der Waals surface area (Å²) in [7, 11) is 0. The molecule has 2 nitrogen and oxygen atoms in total. The molecule has 0 aliphatic heterocycles. The summed E-state index contributed by atoms with van der Waals surface area (Å²) in [5.41, 5.74) is 6.13. The van der Waals surface area contributed by atoms with E-state index in [1.807, 2.05) is 0 Å². The van der Waals surface area contributed by atoms with E-state index in [-0.39, 0.29) is 12.4 Å². The van der Waals surface area contributed by atoms with Crippen molar-refractivity contribution in [1.82, 2.24) is 0 Å². The molecule has 0 aliphatic carbocycles. The van der Waals surface area contributed by atoms with Crippen LogP contribution in [-0.2, 0) is 19.3 Å². The van der Waals surface area contributed by atoms with Crippen LogP contribution in [0.2, 0.25) is 5.02 Å². The second kappa shape index (κ2) is 6.37. The summed E-state index contributed by atoms with van der Waals surface area (Å²) in [5.74, 6) is -0.219. The monoisotopic (exact) mass is 315 g/mol. The first-order chi connectivity index (χ1) is 9.91. The molecule has 2 N–H and O–H groups in total. The Morgan fingerprint density at radius 3 is 2.43 bits per heavy atom. The van der Waals surface area contributed by atoms with Gasteiger partial charge >= 0.3 is 6.18 Å². The summed E-state index contributed by atoms with van der Waals surface area (Å²) in [6, 6.07) is 10.2. The van der Waals surface area contributed by atoms with Gasteiger partial charge in [-0.3, -0.25) is 0 Å². The van der Waals surface area contributed by atoms with Crippen molar-refractivity contribution >= 4 is 11.6 Å². The molecule has 0 fully saturated rings. The third-order valence-corrected chi connectivity index (χ3v) is 3.28. The number of nitrogens with two attached hydrogens (primary N) is 1. The maximum Gasteiger partial charge on any atom is 0.419 e. The number of para-hydroxylation sites is 1. The molecule has 0 saturated carbocycles. The fourth-order valence-corrected chi connectivity index (χ4v) is 2.07. The Kier molecular flexibility index (Phi) is 4.75. The highest BCUT2D eigenvalue weighted by Crippen LogP contribution is 2.36. The Balaban J connectivity index is 2.17. The largest absolute Gasteiger partial charge is 0.488 e. The Bertz CT molecular complexity index is 629. The molecule has 0 bridgehead atoms. The van der Waals surface area contributed by atoms with Crippen LogP contribution in [0.4, 0.5) is 13.2 Å². The van der Waals surface area contributed by atoms with Gasteiger partial charge < -0.3 is 10.5 Å². The average molecular weight is 316 g/mol. The smallest absolute Gasteiger partial charge is 0.419 e. The van der Waals surface area contributed by atoms with Gasteiger partial charge in [0.15, 0.2) is 0 Å². The maximum absolute atomic E-state index is 12.8. The summed E-state index contributed by atoms with van der Waals surface area (Å²) in [6.45, 7) is 0.300. The van der Waals surface area contributed by atoms with Gasteiger partial charge in [0.25, 0.3) is 0 Å². The zero-order chi connectivity index (χ0) is 15.5. The third-order valence-electron chi connectivity index (χ3n) is 2.93. The molecule has 0 amide bonds. The molecule has 0 spiro atoms. The van der Waals surface area contributed by atoms with E-state index in [9.17, 15) is 13.2 Å². The topological polar surface area (TPSA) is 35.2 Å². The van der Waals surface area contributed by atoms with Crippen molar-refractivity contribution in [2.24, 2.45) is 5.73 Å². The Morgan fingerprint density at radius 2 is 1.81 bits per heavy atom. The van der Waals surface area contributed by atoms with Crippen molar-refractivity contribution in [2.75, 3.05) is 0 Å². The zero-order valence-electron chi connectivity index (χ0n) is 11.0. The first-order valence-corrected chi connectivity index (χ1v) is 6.56. The van der Waals surface area contributed by atoms with Crippen LogP contribution in [0.3, 0.4) is 0 Å². The number of rotatable bonds is 4. The fraction of sp³-hybridized carbons (Fsp3) is 0.200. The van der Waals surface area contributed by atoms with Gasteiger partial charge in [0.05, 0.1) is 5.56 Å². The fourth-order valence-electron chi connectivity index (χ4n) is 1.82. The summed E-state index contributed by atoms with van der Waals surface area (Å²) < 4.78 is 43.8. The van der Waals surface area contributed by atoms with Crippen LogP contribution in [-0.4, -0.2) is 0 Å². The predicted octanol–water partition coefficient (Wildman–Crippen LogP) is 4.40. The number of halogens is 4. The van der Waals surface area contributed by atoms with E-state index in [1.54, 1.807) is 18.2 Å². The summed E-state index contributed by atoms with van der Waals surface area (Å²) in [4.78, 5) is 0. The van der Waals surface area contributed by atoms with E-state index in [1.165, 1.54) is 18.2 Å². The number of hydrogen-bond acceptors (Lipinski definition) is 2. The summed E-state index contributed by atoms with van der Waals surface area (Å²) in [5, 5.41) is 0.419. The van der Waals surface area contributed by atoms with Gasteiger partial charge in [0.2, 0.25) is 0 Å².